The predicted octanol–water partition coefficient (Wildman–Crippen LogP) is 2.25. The maximum absolute atomic E-state index is 4.39. The van der Waals surface area contributed by atoms with Gasteiger partial charge in [-0.2, -0.15) is 0 Å². The number of hydrogen-bond acceptors (Lipinski definition) is 4. The third-order valence-corrected chi connectivity index (χ3v) is 6.20. The van der Waals surface area contributed by atoms with Gasteiger partial charge in [0, 0.05) is 55.6 Å². The van der Waals surface area contributed by atoms with Crippen LogP contribution < -0.4 is 10.6 Å². The maximum atomic E-state index is 4.39. The van der Waals surface area contributed by atoms with Gasteiger partial charge in [0.05, 0.1) is 6.54 Å². The van der Waals surface area contributed by atoms with Crippen LogP contribution in [0.25, 0.3) is 0 Å². The van der Waals surface area contributed by atoms with Crippen molar-refractivity contribution in [3.8, 4) is 0 Å². The van der Waals surface area contributed by atoms with E-state index >= 15 is 0 Å². The van der Waals surface area contributed by atoms with E-state index in [0.29, 0.717) is 12.0 Å². The summed E-state index contributed by atoms with van der Waals surface area (Å²) in [5.74, 6) is 1.52. The Morgan fingerprint density at radius 2 is 1.84 bits per heavy atom. The number of guanidine groups is 1. The van der Waals surface area contributed by atoms with Crippen molar-refractivity contribution in [2.75, 3.05) is 46.8 Å². The van der Waals surface area contributed by atoms with E-state index in [1.165, 1.54) is 9.75 Å². The fourth-order valence-electron chi connectivity index (χ4n) is 3.24. The molecule has 1 unspecified atom stereocenters. The van der Waals surface area contributed by atoms with Gasteiger partial charge in [-0.15, -0.1) is 11.3 Å². The number of rotatable bonds is 7. The summed E-state index contributed by atoms with van der Waals surface area (Å²) in [5, 5.41) is 6.99. The Labute approximate surface area is 157 Å². The zero-order chi connectivity index (χ0) is 18.2. The van der Waals surface area contributed by atoms with Crippen LogP contribution in [0.2, 0.25) is 0 Å². The summed E-state index contributed by atoms with van der Waals surface area (Å²) in [5.41, 5.74) is 0. The number of nitrogens with one attached hydrogen (secondary N) is 2. The fraction of sp³-hybridized carbons (Fsp3) is 0.737. The molecule has 6 heteroatoms. The SMILES string of the molecule is CCc1ccc(CNC(=NC)NCC(C(C)C)N2CCN(C)CC2)s1. The van der Waals surface area contributed by atoms with Crippen LogP contribution in [0.4, 0.5) is 0 Å². The first kappa shape index (κ1) is 20.2. The molecule has 1 saturated heterocycles. The molecule has 0 saturated carbocycles. The van der Waals surface area contributed by atoms with Gasteiger partial charge >= 0.3 is 0 Å². The van der Waals surface area contributed by atoms with Crippen molar-refractivity contribution in [2.24, 2.45) is 10.9 Å². The Morgan fingerprint density at radius 3 is 2.40 bits per heavy atom. The summed E-state index contributed by atoms with van der Waals surface area (Å²) < 4.78 is 0. The van der Waals surface area contributed by atoms with Crippen molar-refractivity contribution >= 4 is 17.3 Å². The summed E-state index contributed by atoms with van der Waals surface area (Å²) in [4.78, 5) is 12.2. The van der Waals surface area contributed by atoms with Gasteiger partial charge < -0.3 is 15.5 Å². The summed E-state index contributed by atoms with van der Waals surface area (Å²) in [7, 11) is 4.06. The minimum Gasteiger partial charge on any atom is -0.355 e. The lowest BCUT2D eigenvalue weighted by Crippen LogP contribution is -2.55. The second kappa shape index (κ2) is 10.1. The molecule has 5 nitrogen and oxygen atoms in total. The molecule has 142 valence electrons. The summed E-state index contributed by atoms with van der Waals surface area (Å²) >= 11 is 1.88. The van der Waals surface area contributed by atoms with Gasteiger partial charge in [-0.1, -0.05) is 20.8 Å². The zero-order valence-electron chi connectivity index (χ0n) is 16.5. The molecule has 2 rings (SSSR count). The van der Waals surface area contributed by atoms with Gasteiger partial charge in [0.25, 0.3) is 0 Å². The van der Waals surface area contributed by atoms with Crippen molar-refractivity contribution in [3.05, 3.63) is 21.9 Å². The summed E-state index contributed by atoms with van der Waals surface area (Å²) in [6.45, 7) is 13.2. The quantitative estimate of drug-likeness (QED) is 0.574. The van der Waals surface area contributed by atoms with Gasteiger partial charge in [-0.3, -0.25) is 9.89 Å². The molecule has 1 fully saturated rings. The number of nitrogens with zero attached hydrogens (tertiary/aromatic N) is 3. The predicted molar refractivity (Wildman–Crippen MR) is 110 cm³/mol. The summed E-state index contributed by atoms with van der Waals surface area (Å²) in [6, 6.07) is 4.98. The Morgan fingerprint density at radius 1 is 1.16 bits per heavy atom. The van der Waals surface area contributed by atoms with E-state index in [1.54, 1.807) is 0 Å². The number of piperazine rings is 1. The van der Waals surface area contributed by atoms with Crippen molar-refractivity contribution in [2.45, 2.75) is 39.8 Å². The van der Waals surface area contributed by atoms with Crippen LogP contribution in [0.5, 0.6) is 0 Å². The van der Waals surface area contributed by atoms with Gasteiger partial charge in [0.15, 0.2) is 5.96 Å². The van der Waals surface area contributed by atoms with Crippen molar-refractivity contribution in [1.82, 2.24) is 20.4 Å². The topological polar surface area (TPSA) is 42.9 Å². The monoisotopic (exact) mass is 365 g/mol. The van der Waals surface area contributed by atoms with E-state index in [2.05, 4.69) is 65.4 Å². The average Bonchev–Trinajstić information content (AvgIpc) is 3.07. The lowest BCUT2D eigenvalue weighted by molar-refractivity contribution is 0.0900. The van der Waals surface area contributed by atoms with E-state index < -0.39 is 0 Å². The molecule has 1 aromatic rings. The van der Waals surface area contributed by atoms with Crippen LogP contribution >= 0.6 is 11.3 Å². The van der Waals surface area contributed by atoms with Crippen LogP contribution in [-0.2, 0) is 13.0 Å². The molecule has 1 aliphatic heterocycles. The average molecular weight is 366 g/mol. The Bertz CT molecular complexity index is 532. The minimum atomic E-state index is 0.542. The minimum absolute atomic E-state index is 0.542. The van der Waals surface area contributed by atoms with Crippen LogP contribution in [0.15, 0.2) is 17.1 Å². The number of aryl methyl sites for hydroxylation is 1. The Kier molecular flexibility index (Phi) is 8.19. The molecular formula is C19H35N5S. The van der Waals surface area contributed by atoms with Crippen molar-refractivity contribution in [1.29, 1.82) is 0 Å². The van der Waals surface area contributed by atoms with Crippen molar-refractivity contribution < 1.29 is 0 Å². The molecule has 0 spiro atoms. The standard InChI is InChI=1S/C19H35N5S/c1-6-16-7-8-17(25-16)13-21-19(20-4)22-14-18(15(2)3)24-11-9-23(5)10-12-24/h7-8,15,18H,6,9-14H2,1-5H3,(H2,20,21,22). The van der Waals surface area contributed by atoms with E-state index in [9.17, 15) is 0 Å². The molecule has 1 atom stereocenters. The molecule has 0 bridgehead atoms. The molecule has 0 aromatic carbocycles. The Hall–Kier alpha value is -1.11. The third kappa shape index (κ3) is 6.28. The molecule has 0 amide bonds. The van der Waals surface area contributed by atoms with Crippen molar-refractivity contribution in [3.63, 3.8) is 0 Å². The Balaban J connectivity index is 1.82. The lowest BCUT2D eigenvalue weighted by Gasteiger charge is -2.40. The third-order valence-electron chi connectivity index (χ3n) is 4.97. The maximum Gasteiger partial charge on any atom is 0.191 e. The van der Waals surface area contributed by atoms with Gasteiger partial charge in [-0.25, -0.2) is 0 Å². The first-order valence-electron chi connectivity index (χ1n) is 9.48. The largest absolute Gasteiger partial charge is 0.355 e. The summed E-state index contributed by atoms with van der Waals surface area (Å²) in [6.07, 6.45) is 1.11. The smallest absolute Gasteiger partial charge is 0.191 e. The van der Waals surface area contributed by atoms with Crippen LogP contribution in [0.1, 0.15) is 30.5 Å². The fourth-order valence-corrected chi connectivity index (χ4v) is 4.14. The highest BCUT2D eigenvalue weighted by atomic mass is 32.1. The molecule has 0 aliphatic carbocycles. The van der Waals surface area contributed by atoms with E-state index in [4.69, 9.17) is 0 Å². The van der Waals surface area contributed by atoms with E-state index in [0.717, 1.165) is 51.6 Å². The first-order valence-corrected chi connectivity index (χ1v) is 10.3. The van der Waals surface area contributed by atoms with E-state index in [-0.39, 0.29) is 0 Å². The molecular weight excluding hydrogens is 330 g/mol. The van der Waals surface area contributed by atoms with Crippen LogP contribution in [-0.4, -0.2) is 68.6 Å². The first-order chi connectivity index (χ1) is 12.0. The number of likely N-dealkylation sites (N-methyl/N-ethyl adjacent to an activating group) is 1. The number of thiophene rings is 1. The molecule has 25 heavy (non-hydrogen) atoms. The lowest BCUT2D eigenvalue weighted by atomic mass is 10.0. The van der Waals surface area contributed by atoms with Crippen LogP contribution in [0.3, 0.4) is 0 Å². The highest BCUT2D eigenvalue weighted by Gasteiger charge is 2.25. The normalized spacial score (nSPS) is 18.6. The molecule has 1 aromatic heterocycles. The van der Waals surface area contributed by atoms with Gasteiger partial charge in [-0.05, 0) is 31.5 Å². The second-order valence-electron chi connectivity index (χ2n) is 7.18. The van der Waals surface area contributed by atoms with E-state index in [1.807, 2.05) is 18.4 Å². The number of hydrogen-bond donors (Lipinski definition) is 2. The molecule has 2 heterocycles. The highest BCUT2D eigenvalue weighted by Crippen LogP contribution is 2.16. The zero-order valence-corrected chi connectivity index (χ0v) is 17.3. The van der Waals surface area contributed by atoms with Gasteiger partial charge in [0.1, 0.15) is 0 Å². The van der Waals surface area contributed by atoms with Crippen LogP contribution in [0, 0.1) is 5.92 Å². The molecule has 1 aliphatic rings. The molecule has 0 radical (unpaired) electrons. The molecule has 2 N–H and O–H groups in total. The second-order valence-corrected chi connectivity index (χ2v) is 8.43. The van der Waals surface area contributed by atoms with Gasteiger partial charge in [0.2, 0.25) is 0 Å². The number of aliphatic imine (C=N–C) groups is 1. The highest BCUT2D eigenvalue weighted by molar-refractivity contribution is 7.11.